The van der Waals surface area contributed by atoms with E-state index in [0.29, 0.717) is 35.3 Å². The van der Waals surface area contributed by atoms with Gasteiger partial charge in [0, 0.05) is 24.0 Å². The van der Waals surface area contributed by atoms with Gasteiger partial charge in [0.05, 0.1) is 0 Å². The summed E-state index contributed by atoms with van der Waals surface area (Å²) in [6, 6.07) is 11.1. The van der Waals surface area contributed by atoms with Gasteiger partial charge in [-0.3, -0.25) is 9.59 Å². The normalized spacial score (nSPS) is 14.5. The van der Waals surface area contributed by atoms with Gasteiger partial charge in [0.1, 0.15) is 17.5 Å². The van der Waals surface area contributed by atoms with Crippen LogP contribution in [0.15, 0.2) is 42.5 Å². The minimum atomic E-state index is -4.81. The lowest BCUT2D eigenvalue weighted by molar-refractivity contribution is -0.274. The molecule has 2 amide bonds. The molecule has 0 aliphatic heterocycles. The maximum absolute atomic E-state index is 13.2. The fraction of sp³-hybridized carbons (Fsp3) is 0.429. The second-order valence-corrected chi connectivity index (χ2v) is 10.2. The molecule has 3 aromatic rings. The van der Waals surface area contributed by atoms with Crippen molar-refractivity contribution in [2.75, 3.05) is 14.1 Å². The van der Waals surface area contributed by atoms with Crippen molar-refractivity contribution >= 4 is 22.7 Å². The maximum atomic E-state index is 13.2. The van der Waals surface area contributed by atoms with Gasteiger partial charge in [0.2, 0.25) is 5.91 Å². The number of nitrogens with one attached hydrogen (secondary N) is 3. The average Bonchev–Trinajstić information content (AvgIpc) is 3.62. The van der Waals surface area contributed by atoms with Gasteiger partial charge in [-0.05, 0) is 74.7 Å². The first kappa shape index (κ1) is 27.5. The van der Waals surface area contributed by atoms with Crippen LogP contribution in [0.2, 0.25) is 0 Å². The second-order valence-electron chi connectivity index (χ2n) is 10.2. The van der Waals surface area contributed by atoms with E-state index >= 15 is 0 Å². The van der Waals surface area contributed by atoms with Crippen LogP contribution in [0.4, 0.5) is 13.2 Å². The Morgan fingerprint density at radius 3 is 2.42 bits per heavy atom. The fourth-order valence-corrected chi connectivity index (χ4v) is 4.48. The van der Waals surface area contributed by atoms with E-state index in [9.17, 15) is 22.8 Å². The van der Waals surface area contributed by atoms with Crippen LogP contribution in [0.5, 0.6) is 5.75 Å². The van der Waals surface area contributed by atoms with Crippen molar-refractivity contribution in [2.45, 2.75) is 58.1 Å². The van der Waals surface area contributed by atoms with Gasteiger partial charge in [0.25, 0.3) is 5.91 Å². The maximum Gasteiger partial charge on any atom is 0.573 e. The zero-order valence-electron chi connectivity index (χ0n) is 21.7. The molecule has 204 valence electrons. The van der Waals surface area contributed by atoms with Crippen molar-refractivity contribution in [3.8, 4) is 5.75 Å². The highest BCUT2D eigenvalue weighted by Gasteiger charge is 2.32. The number of nitrogens with zero attached hydrogens (tertiary/aromatic N) is 1. The van der Waals surface area contributed by atoms with Gasteiger partial charge in [0.15, 0.2) is 0 Å². The fourth-order valence-electron chi connectivity index (χ4n) is 4.48. The summed E-state index contributed by atoms with van der Waals surface area (Å²) in [6.07, 6.45) is -1.21. The molecule has 0 saturated heterocycles. The number of aromatic amines is 1. The number of alkyl halides is 3. The highest BCUT2D eigenvalue weighted by Crippen LogP contribution is 2.34. The lowest BCUT2D eigenvalue weighted by Gasteiger charge is -2.19. The highest BCUT2D eigenvalue weighted by molar-refractivity contribution is 6.02. The molecule has 1 atom stereocenters. The molecule has 1 aliphatic carbocycles. The van der Waals surface area contributed by atoms with Crippen molar-refractivity contribution in [3.63, 3.8) is 0 Å². The van der Waals surface area contributed by atoms with Crippen molar-refractivity contribution in [2.24, 2.45) is 5.92 Å². The molecule has 7 nitrogen and oxygen atoms in total. The SMILES string of the molecule is Cc1c(C(=O)NC(CCC2CC2)C(=O)NCc2ccc(CN(C)C)cc2)[nH]c2ccc(OC(F)(F)F)cc12. The van der Waals surface area contributed by atoms with Gasteiger partial charge >= 0.3 is 6.36 Å². The number of ether oxygens (including phenoxy) is 1. The van der Waals surface area contributed by atoms with E-state index in [4.69, 9.17) is 0 Å². The number of benzene rings is 2. The van der Waals surface area contributed by atoms with E-state index in [1.54, 1.807) is 6.92 Å². The van der Waals surface area contributed by atoms with Gasteiger partial charge < -0.3 is 25.3 Å². The van der Waals surface area contributed by atoms with Crippen molar-refractivity contribution in [1.29, 1.82) is 0 Å². The van der Waals surface area contributed by atoms with Gasteiger partial charge in [-0.2, -0.15) is 0 Å². The van der Waals surface area contributed by atoms with E-state index in [2.05, 4.69) is 25.3 Å². The smallest absolute Gasteiger partial charge is 0.406 e. The van der Waals surface area contributed by atoms with E-state index in [1.165, 1.54) is 23.8 Å². The molecule has 10 heteroatoms. The Morgan fingerprint density at radius 1 is 1.11 bits per heavy atom. The Bertz CT molecular complexity index is 1280. The Hall–Kier alpha value is -3.53. The molecule has 38 heavy (non-hydrogen) atoms. The molecule has 1 fully saturated rings. The summed E-state index contributed by atoms with van der Waals surface area (Å²) >= 11 is 0. The Kier molecular flexibility index (Phi) is 8.30. The third-order valence-electron chi connectivity index (χ3n) is 6.66. The first-order valence-corrected chi connectivity index (χ1v) is 12.7. The summed E-state index contributed by atoms with van der Waals surface area (Å²) < 4.78 is 41.9. The molecule has 1 aliphatic rings. The summed E-state index contributed by atoms with van der Waals surface area (Å²) in [5, 5.41) is 6.21. The number of halogens is 3. The first-order valence-electron chi connectivity index (χ1n) is 12.7. The van der Waals surface area contributed by atoms with E-state index in [0.717, 1.165) is 31.4 Å². The van der Waals surface area contributed by atoms with Crippen LogP contribution in [0.3, 0.4) is 0 Å². The third kappa shape index (κ3) is 7.50. The van der Waals surface area contributed by atoms with Crippen LogP contribution in [0.1, 0.15) is 52.9 Å². The molecular formula is C28H33F3N4O3. The summed E-state index contributed by atoms with van der Waals surface area (Å²) in [5.41, 5.74) is 3.30. The van der Waals surface area contributed by atoms with Crippen molar-refractivity contribution in [1.82, 2.24) is 20.5 Å². The van der Waals surface area contributed by atoms with Crippen LogP contribution >= 0.6 is 0 Å². The molecule has 2 aromatic carbocycles. The number of carbonyl (C=O) groups excluding carboxylic acids is 2. The van der Waals surface area contributed by atoms with Crippen LogP contribution in [-0.4, -0.2) is 48.2 Å². The summed E-state index contributed by atoms with van der Waals surface area (Å²) in [5.74, 6) is -0.546. The minimum absolute atomic E-state index is 0.199. The lowest BCUT2D eigenvalue weighted by Crippen LogP contribution is -2.46. The molecule has 1 saturated carbocycles. The largest absolute Gasteiger partial charge is 0.573 e. The predicted octanol–water partition coefficient (Wildman–Crippen LogP) is 5.04. The number of hydrogen-bond donors (Lipinski definition) is 3. The molecular weight excluding hydrogens is 497 g/mol. The van der Waals surface area contributed by atoms with Crippen molar-refractivity contribution < 1.29 is 27.5 Å². The molecule has 1 heterocycles. The number of fused-ring (bicyclic) bond motifs is 1. The minimum Gasteiger partial charge on any atom is -0.406 e. The number of carbonyl (C=O) groups is 2. The number of rotatable bonds is 11. The lowest BCUT2D eigenvalue weighted by atomic mass is 10.1. The third-order valence-corrected chi connectivity index (χ3v) is 6.66. The monoisotopic (exact) mass is 530 g/mol. The van der Waals surface area contributed by atoms with E-state index < -0.39 is 18.3 Å². The quantitative estimate of drug-likeness (QED) is 0.324. The number of aromatic nitrogens is 1. The van der Waals surface area contributed by atoms with E-state index in [-0.39, 0.29) is 17.4 Å². The molecule has 0 bridgehead atoms. The molecule has 3 N–H and O–H groups in total. The Morgan fingerprint density at radius 2 is 1.79 bits per heavy atom. The van der Waals surface area contributed by atoms with Gasteiger partial charge in [-0.1, -0.05) is 37.1 Å². The molecule has 0 radical (unpaired) electrons. The van der Waals surface area contributed by atoms with Crippen LogP contribution in [0, 0.1) is 12.8 Å². The van der Waals surface area contributed by atoms with Crippen LogP contribution in [-0.2, 0) is 17.9 Å². The molecule has 0 spiro atoms. The van der Waals surface area contributed by atoms with E-state index in [1.807, 2.05) is 38.4 Å². The number of amides is 2. The summed E-state index contributed by atoms with van der Waals surface area (Å²) in [4.78, 5) is 31.3. The van der Waals surface area contributed by atoms with Gasteiger partial charge in [-0.25, -0.2) is 0 Å². The average molecular weight is 531 g/mol. The van der Waals surface area contributed by atoms with Crippen LogP contribution < -0.4 is 15.4 Å². The van der Waals surface area contributed by atoms with Crippen molar-refractivity contribution in [3.05, 3.63) is 64.8 Å². The Labute approximate surface area is 219 Å². The topological polar surface area (TPSA) is 86.5 Å². The Balaban J connectivity index is 1.44. The number of H-pyrrole nitrogens is 1. The highest BCUT2D eigenvalue weighted by atomic mass is 19.4. The molecule has 4 rings (SSSR count). The van der Waals surface area contributed by atoms with Crippen LogP contribution in [0.25, 0.3) is 10.9 Å². The standard InChI is InChI=1S/C28H33F3N4O3/c1-17-22-14-21(38-28(29,30)31)11-13-23(22)33-25(17)27(37)34-24(12-10-18-4-5-18)26(36)32-15-19-6-8-20(9-7-19)16-35(2)3/h6-9,11,13-14,18,24,33H,4-5,10,12,15-16H2,1-3H3,(H,32,36)(H,34,37). The predicted molar refractivity (Wildman–Crippen MR) is 139 cm³/mol. The van der Waals surface area contributed by atoms with Gasteiger partial charge in [-0.15, -0.1) is 13.2 Å². The summed E-state index contributed by atoms with van der Waals surface area (Å²) in [6.45, 7) is 2.81. The zero-order valence-corrected chi connectivity index (χ0v) is 21.7. The zero-order chi connectivity index (χ0) is 27.4. The molecule has 1 aromatic heterocycles. The number of aryl methyl sites for hydroxylation is 1. The summed E-state index contributed by atoms with van der Waals surface area (Å²) in [7, 11) is 4.00. The number of hydrogen-bond acceptors (Lipinski definition) is 4. The second kappa shape index (κ2) is 11.5. The first-order chi connectivity index (χ1) is 18.0. The molecule has 1 unspecified atom stereocenters.